The van der Waals surface area contributed by atoms with E-state index in [-0.39, 0.29) is 25.0 Å². The zero-order chi connectivity index (χ0) is 28.5. The molecule has 0 radical (unpaired) electrons. The first-order chi connectivity index (χ1) is 20.7. The van der Waals surface area contributed by atoms with Crippen molar-refractivity contribution >= 4 is 12.1 Å². The van der Waals surface area contributed by atoms with Crippen LogP contribution < -0.4 is 0 Å². The van der Waals surface area contributed by atoms with Crippen molar-refractivity contribution in [3.8, 4) is 22.3 Å². The molecule has 5 heteroatoms. The Hall–Kier alpha value is -5.16. The summed E-state index contributed by atoms with van der Waals surface area (Å²) in [4.78, 5) is 26.5. The van der Waals surface area contributed by atoms with Crippen LogP contribution in [-0.4, -0.2) is 25.3 Å². The van der Waals surface area contributed by atoms with E-state index < -0.39 is 18.2 Å². The monoisotopic (exact) mass is 552 g/mol. The van der Waals surface area contributed by atoms with Crippen LogP contribution >= 0.6 is 0 Å². The van der Waals surface area contributed by atoms with Gasteiger partial charge < -0.3 is 14.2 Å². The minimum Gasteiger partial charge on any atom is -0.462 e. The Kier molecular flexibility index (Phi) is 6.76. The minimum absolute atomic E-state index is 0.0963. The summed E-state index contributed by atoms with van der Waals surface area (Å²) in [5.41, 5.74) is 9.49. The number of hydrogen-bond donors (Lipinski definition) is 0. The predicted molar refractivity (Wildman–Crippen MR) is 160 cm³/mol. The van der Waals surface area contributed by atoms with Crippen molar-refractivity contribution in [1.29, 1.82) is 0 Å². The third-order valence-electron chi connectivity index (χ3n) is 8.22. The summed E-state index contributed by atoms with van der Waals surface area (Å²) in [6, 6.07) is 41.5. The van der Waals surface area contributed by atoms with Gasteiger partial charge in [-0.3, -0.25) is 0 Å². The van der Waals surface area contributed by atoms with Crippen LogP contribution in [0.4, 0.5) is 4.79 Å². The smallest absolute Gasteiger partial charge is 0.462 e. The van der Waals surface area contributed by atoms with Gasteiger partial charge in [0.15, 0.2) is 0 Å². The Morgan fingerprint density at radius 1 is 0.500 bits per heavy atom. The topological polar surface area (TPSA) is 61.8 Å². The molecule has 0 bridgehead atoms. The van der Waals surface area contributed by atoms with Crippen molar-refractivity contribution < 1.29 is 23.8 Å². The van der Waals surface area contributed by atoms with Gasteiger partial charge in [-0.15, -0.1) is 0 Å². The van der Waals surface area contributed by atoms with Crippen molar-refractivity contribution in [3.63, 3.8) is 0 Å². The van der Waals surface area contributed by atoms with Gasteiger partial charge in [-0.2, -0.15) is 0 Å². The van der Waals surface area contributed by atoms with Crippen LogP contribution in [0.3, 0.4) is 0 Å². The summed E-state index contributed by atoms with van der Waals surface area (Å²) in [6.07, 6.45) is -2.17. The highest BCUT2D eigenvalue weighted by Crippen LogP contribution is 2.46. The summed E-state index contributed by atoms with van der Waals surface area (Å²) in [6.45, 7) is 0.225. The number of carbonyl (C=O) groups is 2. The number of hydrogen-bond acceptors (Lipinski definition) is 5. The van der Waals surface area contributed by atoms with E-state index in [1.807, 2.05) is 54.6 Å². The maximum absolute atomic E-state index is 13.5. The Morgan fingerprint density at radius 2 is 0.881 bits per heavy atom. The fraction of sp³-hybridized carbons (Fsp3) is 0.135. The van der Waals surface area contributed by atoms with Crippen LogP contribution in [0.1, 0.15) is 45.8 Å². The number of rotatable bonds is 7. The molecule has 0 amide bonds. The fourth-order valence-electron chi connectivity index (χ4n) is 6.28. The molecule has 5 aromatic rings. The first kappa shape index (κ1) is 25.8. The molecular formula is C37H28O5. The molecule has 42 heavy (non-hydrogen) atoms. The SMILES string of the molecule is O=C(OCC1c2ccccc2-c2ccccc21)OC(C(=O)OCC1c2ccccc2-c2ccccc21)c1ccccc1. The molecule has 1 unspecified atom stereocenters. The highest BCUT2D eigenvalue weighted by Gasteiger charge is 2.34. The second kappa shape index (κ2) is 11.0. The quantitative estimate of drug-likeness (QED) is 0.191. The van der Waals surface area contributed by atoms with Gasteiger partial charge in [-0.05, 0) is 44.5 Å². The van der Waals surface area contributed by atoms with Gasteiger partial charge >= 0.3 is 12.1 Å². The van der Waals surface area contributed by atoms with Crippen molar-refractivity contribution in [2.45, 2.75) is 17.9 Å². The Balaban J connectivity index is 1.07. The third-order valence-corrected chi connectivity index (χ3v) is 8.22. The third kappa shape index (κ3) is 4.63. The van der Waals surface area contributed by atoms with Crippen molar-refractivity contribution in [3.05, 3.63) is 155 Å². The molecule has 206 valence electrons. The highest BCUT2D eigenvalue weighted by molar-refractivity contribution is 5.82. The molecular weight excluding hydrogens is 524 g/mol. The Labute approximate surface area is 244 Å². The second-order valence-electron chi connectivity index (χ2n) is 10.6. The molecule has 2 aliphatic carbocycles. The molecule has 0 heterocycles. The van der Waals surface area contributed by atoms with Crippen molar-refractivity contribution in [1.82, 2.24) is 0 Å². The summed E-state index contributed by atoms with van der Waals surface area (Å²) in [7, 11) is 0. The van der Waals surface area contributed by atoms with Gasteiger partial charge in [-0.25, -0.2) is 9.59 Å². The van der Waals surface area contributed by atoms with Crippen LogP contribution in [0.25, 0.3) is 22.3 Å². The average molecular weight is 553 g/mol. The normalized spacial score (nSPS) is 13.8. The lowest BCUT2D eigenvalue weighted by atomic mass is 9.98. The molecule has 5 nitrogen and oxygen atoms in total. The Morgan fingerprint density at radius 3 is 1.33 bits per heavy atom. The molecule has 5 aromatic carbocycles. The maximum atomic E-state index is 13.5. The highest BCUT2D eigenvalue weighted by atomic mass is 16.7. The van der Waals surface area contributed by atoms with E-state index in [9.17, 15) is 9.59 Å². The molecule has 0 spiro atoms. The van der Waals surface area contributed by atoms with E-state index in [4.69, 9.17) is 14.2 Å². The van der Waals surface area contributed by atoms with Crippen molar-refractivity contribution in [2.75, 3.05) is 13.2 Å². The molecule has 0 saturated heterocycles. The molecule has 0 fully saturated rings. The average Bonchev–Trinajstić information content (AvgIpc) is 3.54. The van der Waals surface area contributed by atoms with E-state index >= 15 is 0 Å². The molecule has 2 aliphatic rings. The zero-order valence-electron chi connectivity index (χ0n) is 22.8. The first-order valence-electron chi connectivity index (χ1n) is 14.1. The van der Waals surface area contributed by atoms with Gasteiger partial charge in [-0.1, -0.05) is 127 Å². The summed E-state index contributed by atoms with van der Waals surface area (Å²) >= 11 is 0. The van der Waals surface area contributed by atoms with Gasteiger partial charge in [0.2, 0.25) is 6.10 Å². The Bertz CT molecular complexity index is 1690. The van der Waals surface area contributed by atoms with Gasteiger partial charge in [0, 0.05) is 17.4 Å². The van der Waals surface area contributed by atoms with E-state index in [0.29, 0.717) is 5.56 Å². The lowest BCUT2D eigenvalue weighted by Gasteiger charge is -2.20. The summed E-state index contributed by atoms with van der Waals surface area (Å²) < 4.78 is 17.2. The van der Waals surface area contributed by atoms with E-state index in [1.54, 1.807) is 24.3 Å². The van der Waals surface area contributed by atoms with Crippen LogP contribution in [0.2, 0.25) is 0 Å². The number of carbonyl (C=O) groups excluding carboxylic acids is 2. The summed E-state index contributed by atoms with van der Waals surface area (Å²) in [5.74, 6) is -0.863. The number of benzene rings is 5. The zero-order valence-corrected chi connectivity index (χ0v) is 22.8. The second-order valence-corrected chi connectivity index (χ2v) is 10.6. The summed E-state index contributed by atoms with van der Waals surface area (Å²) in [5, 5.41) is 0. The molecule has 7 rings (SSSR count). The molecule has 0 aromatic heterocycles. The van der Waals surface area contributed by atoms with Crippen LogP contribution in [0, 0.1) is 0 Å². The van der Waals surface area contributed by atoms with E-state index in [2.05, 4.69) is 48.5 Å². The van der Waals surface area contributed by atoms with Crippen molar-refractivity contribution in [2.24, 2.45) is 0 Å². The predicted octanol–water partition coefficient (Wildman–Crippen LogP) is 8.05. The van der Waals surface area contributed by atoms with E-state index in [0.717, 1.165) is 44.5 Å². The standard InChI is InChI=1S/C37H28O5/c38-36(40-22-33-29-18-8-4-14-25(29)26-15-5-9-19-30(26)33)35(24-12-2-1-3-13-24)42-37(39)41-23-34-31-20-10-6-16-27(31)28-17-7-11-21-32(28)34/h1-21,33-35H,22-23H2. The van der Waals surface area contributed by atoms with Gasteiger partial charge in [0.05, 0.1) is 0 Å². The first-order valence-corrected chi connectivity index (χ1v) is 14.1. The lowest BCUT2D eigenvalue weighted by Crippen LogP contribution is -2.25. The van der Waals surface area contributed by atoms with E-state index in [1.165, 1.54) is 0 Å². The number of ether oxygens (including phenoxy) is 3. The maximum Gasteiger partial charge on any atom is 0.509 e. The van der Waals surface area contributed by atoms with Crippen LogP contribution in [-0.2, 0) is 19.0 Å². The van der Waals surface area contributed by atoms with Crippen LogP contribution in [0.5, 0.6) is 0 Å². The molecule has 0 N–H and O–H groups in total. The van der Waals surface area contributed by atoms with Gasteiger partial charge in [0.25, 0.3) is 0 Å². The number of fused-ring (bicyclic) bond motifs is 6. The minimum atomic E-state index is -1.26. The molecule has 0 aliphatic heterocycles. The molecule has 0 saturated carbocycles. The largest absolute Gasteiger partial charge is 0.509 e. The fourth-order valence-corrected chi connectivity index (χ4v) is 6.28. The lowest BCUT2D eigenvalue weighted by molar-refractivity contribution is -0.155. The van der Waals surface area contributed by atoms with Crippen LogP contribution in [0.15, 0.2) is 127 Å². The number of esters is 1. The van der Waals surface area contributed by atoms with Gasteiger partial charge in [0.1, 0.15) is 13.2 Å². The molecule has 1 atom stereocenters.